The Morgan fingerprint density at radius 3 is 2.43 bits per heavy atom. The van der Waals surface area contributed by atoms with Gasteiger partial charge in [-0.25, -0.2) is 13.1 Å². The minimum Gasteiger partial charge on any atom is -0.406 e. The molecule has 1 aromatic carbocycles. The number of fused-ring (bicyclic) bond motifs is 2. The van der Waals surface area contributed by atoms with Gasteiger partial charge in [-0.1, -0.05) is 6.07 Å². The third-order valence-electron chi connectivity index (χ3n) is 4.14. The van der Waals surface area contributed by atoms with Gasteiger partial charge in [0.15, 0.2) is 0 Å². The maximum Gasteiger partial charge on any atom is 0.573 e. The van der Waals surface area contributed by atoms with E-state index < -0.39 is 22.1 Å². The quantitative estimate of drug-likeness (QED) is 0.873. The Labute approximate surface area is 132 Å². The highest BCUT2D eigenvalue weighted by molar-refractivity contribution is 7.89. The van der Waals surface area contributed by atoms with Crippen LogP contribution in [0.5, 0.6) is 5.75 Å². The van der Waals surface area contributed by atoms with Crippen LogP contribution in [0.25, 0.3) is 0 Å². The van der Waals surface area contributed by atoms with Gasteiger partial charge >= 0.3 is 6.36 Å². The molecular weight excluding hydrogens is 333 g/mol. The molecule has 9 heteroatoms. The smallest absolute Gasteiger partial charge is 0.406 e. The van der Waals surface area contributed by atoms with Crippen molar-refractivity contribution in [3.8, 4) is 5.75 Å². The Hall–Kier alpha value is -1.32. The summed E-state index contributed by atoms with van der Waals surface area (Å²) in [6, 6.07) is 4.83. The number of hydrogen-bond donors (Lipinski definition) is 2. The standard InChI is InChI=1S/C14H17F3N2O3S/c15-14(16,17)22-12-2-1-3-13(8-12)23(20,21)19-11-6-9-4-5-10(7-11)18-9/h1-3,8-11,18-19H,4-7H2. The van der Waals surface area contributed by atoms with Gasteiger partial charge in [-0.15, -0.1) is 13.2 Å². The number of rotatable bonds is 4. The van der Waals surface area contributed by atoms with Gasteiger partial charge in [-0.05, 0) is 37.8 Å². The minimum atomic E-state index is -4.86. The lowest BCUT2D eigenvalue weighted by Crippen LogP contribution is -2.47. The van der Waals surface area contributed by atoms with E-state index in [-0.39, 0.29) is 10.9 Å². The van der Waals surface area contributed by atoms with E-state index in [0.717, 1.165) is 25.0 Å². The van der Waals surface area contributed by atoms with E-state index in [1.165, 1.54) is 12.1 Å². The first-order valence-electron chi connectivity index (χ1n) is 7.35. The summed E-state index contributed by atoms with van der Waals surface area (Å²) in [6.07, 6.45) is -1.43. The summed E-state index contributed by atoms with van der Waals surface area (Å²) >= 11 is 0. The third-order valence-corrected chi connectivity index (χ3v) is 5.66. The van der Waals surface area contributed by atoms with Crippen LogP contribution in [0.15, 0.2) is 29.2 Å². The largest absolute Gasteiger partial charge is 0.573 e. The van der Waals surface area contributed by atoms with Crippen molar-refractivity contribution in [2.24, 2.45) is 0 Å². The van der Waals surface area contributed by atoms with Crippen LogP contribution in [0, 0.1) is 0 Å². The van der Waals surface area contributed by atoms with Gasteiger partial charge in [0.25, 0.3) is 0 Å². The fourth-order valence-electron chi connectivity index (χ4n) is 3.28. The Morgan fingerprint density at radius 2 is 1.83 bits per heavy atom. The molecule has 2 unspecified atom stereocenters. The Bertz CT molecular complexity index is 666. The monoisotopic (exact) mass is 350 g/mol. The van der Waals surface area contributed by atoms with Crippen molar-refractivity contribution in [2.45, 2.75) is 55.1 Å². The third kappa shape index (κ3) is 4.15. The van der Waals surface area contributed by atoms with Crippen LogP contribution in [0.4, 0.5) is 13.2 Å². The molecule has 23 heavy (non-hydrogen) atoms. The number of ether oxygens (including phenoxy) is 1. The van der Waals surface area contributed by atoms with E-state index in [0.29, 0.717) is 24.9 Å². The minimum absolute atomic E-state index is 0.203. The normalized spacial score (nSPS) is 27.9. The second-order valence-corrected chi connectivity index (χ2v) is 7.66. The van der Waals surface area contributed by atoms with Gasteiger partial charge < -0.3 is 10.1 Å². The van der Waals surface area contributed by atoms with Crippen LogP contribution in [-0.4, -0.2) is 32.9 Å². The zero-order valence-corrected chi connectivity index (χ0v) is 13.0. The Balaban J connectivity index is 1.73. The maximum atomic E-state index is 12.4. The van der Waals surface area contributed by atoms with E-state index in [1.54, 1.807) is 0 Å². The van der Waals surface area contributed by atoms with Gasteiger partial charge in [0.1, 0.15) is 5.75 Å². The molecule has 2 aliphatic rings. The van der Waals surface area contributed by atoms with Crippen LogP contribution in [0.2, 0.25) is 0 Å². The molecule has 2 bridgehead atoms. The summed E-state index contributed by atoms with van der Waals surface area (Å²) in [4.78, 5) is -0.231. The summed E-state index contributed by atoms with van der Waals surface area (Å²) in [5, 5.41) is 3.40. The SMILES string of the molecule is O=S(=O)(NC1CC2CCC(C1)N2)c1cccc(OC(F)(F)F)c1. The molecule has 0 amide bonds. The van der Waals surface area contributed by atoms with Crippen molar-refractivity contribution in [1.29, 1.82) is 0 Å². The maximum absolute atomic E-state index is 12.4. The molecule has 0 saturated carbocycles. The highest BCUT2D eigenvalue weighted by Gasteiger charge is 2.36. The van der Waals surface area contributed by atoms with E-state index in [4.69, 9.17) is 0 Å². The van der Waals surface area contributed by atoms with Gasteiger partial charge in [-0.3, -0.25) is 0 Å². The van der Waals surface area contributed by atoms with E-state index in [1.807, 2.05) is 0 Å². The van der Waals surface area contributed by atoms with E-state index >= 15 is 0 Å². The van der Waals surface area contributed by atoms with Crippen molar-refractivity contribution >= 4 is 10.0 Å². The zero-order valence-electron chi connectivity index (χ0n) is 12.1. The van der Waals surface area contributed by atoms with Crippen LogP contribution < -0.4 is 14.8 Å². The zero-order chi connectivity index (χ0) is 16.7. The van der Waals surface area contributed by atoms with Crippen molar-refractivity contribution in [3.63, 3.8) is 0 Å². The molecule has 0 aliphatic carbocycles. The molecule has 3 rings (SSSR count). The molecule has 2 atom stereocenters. The Morgan fingerprint density at radius 1 is 1.17 bits per heavy atom. The first kappa shape index (κ1) is 16.5. The van der Waals surface area contributed by atoms with Crippen LogP contribution >= 0.6 is 0 Å². The molecule has 5 nitrogen and oxygen atoms in total. The molecule has 2 saturated heterocycles. The van der Waals surface area contributed by atoms with Crippen molar-refractivity contribution in [3.05, 3.63) is 24.3 Å². The number of hydrogen-bond acceptors (Lipinski definition) is 4. The second kappa shape index (κ2) is 5.95. The summed E-state index contributed by atoms with van der Waals surface area (Å²) < 4.78 is 67.9. The molecule has 2 heterocycles. The van der Waals surface area contributed by atoms with E-state index in [2.05, 4.69) is 14.8 Å². The lowest BCUT2D eigenvalue weighted by Gasteiger charge is -2.29. The Kier molecular flexibility index (Phi) is 4.28. The highest BCUT2D eigenvalue weighted by atomic mass is 32.2. The molecular formula is C14H17F3N2O3S. The summed E-state index contributed by atoms with van der Waals surface area (Å²) in [5.41, 5.74) is 0. The average molecular weight is 350 g/mol. The van der Waals surface area contributed by atoms with Crippen molar-refractivity contribution in [1.82, 2.24) is 10.0 Å². The number of halogens is 3. The number of sulfonamides is 1. The van der Waals surface area contributed by atoms with Crippen LogP contribution in [0.3, 0.4) is 0 Å². The predicted octanol–water partition coefficient (Wildman–Crippen LogP) is 2.15. The molecule has 0 aromatic heterocycles. The molecule has 2 fully saturated rings. The molecule has 128 valence electrons. The molecule has 1 aromatic rings. The lowest BCUT2D eigenvalue weighted by atomic mass is 10.0. The van der Waals surface area contributed by atoms with Gasteiger partial charge in [-0.2, -0.15) is 0 Å². The summed E-state index contributed by atoms with van der Waals surface area (Å²) in [5.74, 6) is -0.550. The van der Waals surface area contributed by atoms with Crippen LogP contribution in [0.1, 0.15) is 25.7 Å². The molecule has 0 radical (unpaired) electrons. The predicted molar refractivity (Wildman–Crippen MR) is 76.4 cm³/mol. The number of alkyl halides is 3. The van der Waals surface area contributed by atoms with Gasteiger partial charge in [0.2, 0.25) is 10.0 Å². The molecule has 2 N–H and O–H groups in total. The summed E-state index contributed by atoms with van der Waals surface area (Å²) in [6.45, 7) is 0. The second-order valence-electron chi connectivity index (χ2n) is 5.95. The van der Waals surface area contributed by atoms with Gasteiger partial charge in [0.05, 0.1) is 4.90 Å². The van der Waals surface area contributed by atoms with E-state index in [9.17, 15) is 21.6 Å². The number of benzene rings is 1. The van der Waals surface area contributed by atoms with Crippen LogP contribution in [-0.2, 0) is 10.0 Å². The fraction of sp³-hybridized carbons (Fsp3) is 0.571. The molecule has 0 spiro atoms. The fourth-order valence-corrected chi connectivity index (χ4v) is 4.58. The first-order valence-corrected chi connectivity index (χ1v) is 8.84. The number of piperidine rings is 1. The van der Waals surface area contributed by atoms with Crippen molar-refractivity contribution < 1.29 is 26.3 Å². The highest BCUT2D eigenvalue weighted by Crippen LogP contribution is 2.29. The summed E-state index contributed by atoms with van der Waals surface area (Å²) in [7, 11) is -3.88. The molecule has 2 aliphatic heterocycles. The lowest BCUT2D eigenvalue weighted by molar-refractivity contribution is -0.274. The van der Waals surface area contributed by atoms with Crippen molar-refractivity contribution in [2.75, 3.05) is 0 Å². The first-order chi connectivity index (χ1) is 10.7. The average Bonchev–Trinajstić information content (AvgIpc) is 2.76. The van der Waals surface area contributed by atoms with Gasteiger partial charge in [0, 0.05) is 24.2 Å². The topological polar surface area (TPSA) is 67.4 Å². The number of nitrogens with one attached hydrogen (secondary N) is 2.